The van der Waals surface area contributed by atoms with Gasteiger partial charge in [-0.2, -0.15) is 0 Å². The van der Waals surface area contributed by atoms with Gasteiger partial charge in [0.05, 0.1) is 12.9 Å². The molecule has 168 valence electrons. The highest BCUT2D eigenvalue weighted by Crippen LogP contribution is 2.40. The summed E-state index contributed by atoms with van der Waals surface area (Å²) >= 11 is 0. The van der Waals surface area contributed by atoms with Crippen molar-refractivity contribution in [3.05, 3.63) is 89.5 Å². The quantitative estimate of drug-likeness (QED) is 0.346. The Labute approximate surface area is 194 Å². The highest BCUT2D eigenvalue weighted by Gasteiger charge is 2.19. The number of allylic oxidation sites excluding steroid dienone is 1. The van der Waals surface area contributed by atoms with E-state index in [1.54, 1.807) is 24.7 Å². The van der Waals surface area contributed by atoms with Crippen molar-refractivity contribution in [3.63, 3.8) is 0 Å². The molecular weight excluding hydrogens is 412 g/mol. The van der Waals surface area contributed by atoms with E-state index in [9.17, 15) is 4.79 Å². The first-order valence-corrected chi connectivity index (χ1v) is 11.1. The number of hydrogen-bond donors (Lipinski definition) is 1. The summed E-state index contributed by atoms with van der Waals surface area (Å²) in [4.78, 5) is 16.7. The van der Waals surface area contributed by atoms with Gasteiger partial charge in [-0.25, -0.2) is 0 Å². The van der Waals surface area contributed by atoms with Crippen molar-refractivity contribution in [3.8, 4) is 16.9 Å². The lowest BCUT2D eigenvalue weighted by molar-refractivity contribution is -0.116. The van der Waals surface area contributed by atoms with Crippen molar-refractivity contribution in [2.45, 2.75) is 34.2 Å². The predicted molar refractivity (Wildman–Crippen MR) is 132 cm³/mol. The van der Waals surface area contributed by atoms with Gasteiger partial charge >= 0.3 is 0 Å². The molecule has 0 radical (unpaired) electrons. The lowest BCUT2D eigenvalue weighted by Crippen LogP contribution is -2.20. The summed E-state index contributed by atoms with van der Waals surface area (Å²) in [5.74, 6) is 0.575. The van der Waals surface area contributed by atoms with Crippen LogP contribution in [-0.4, -0.2) is 17.5 Å². The van der Waals surface area contributed by atoms with Gasteiger partial charge in [-0.3, -0.25) is 9.78 Å². The number of furan rings is 1. The van der Waals surface area contributed by atoms with Gasteiger partial charge in [0.15, 0.2) is 0 Å². The third-order valence-electron chi connectivity index (χ3n) is 5.66. The van der Waals surface area contributed by atoms with Gasteiger partial charge < -0.3 is 14.5 Å². The van der Waals surface area contributed by atoms with Crippen molar-refractivity contribution in [2.75, 3.05) is 6.61 Å². The third kappa shape index (κ3) is 4.82. The molecule has 0 bridgehead atoms. The molecule has 4 aromatic rings. The smallest absolute Gasteiger partial charge is 0.244 e. The molecule has 0 saturated heterocycles. The molecule has 0 aliphatic rings. The molecule has 0 fully saturated rings. The molecule has 0 aliphatic heterocycles. The summed E-state index contributed by atoms with van der Waals surface area (Å²) in [6.45, 7) is 8.89. The van der Waals surface area contributed by atoms with Crippen LogP contribution in [0.1, 0.15) is 36.1 Å². The van der Waals surface area contributed by atoms with E-state index in [0.717, 1.165) is 50.1 Å². The number of nitrogens with one attached hydrogen (secondary N) is 1. The molecule has 0 spiro atoms. The van der Waals surface area contributed by atoms with Crippen LogP contribution < -0.4 is 10.1 Å². The molecule has 0 atom stereocenters. The number of hydrogen-bond acceptors (Lipinski definition) is 4. The SMILES string of the molecule is CCOc1c(/C(C)=C/C(=O)NCc2cccnc2)cc2c(-c3ccc(C)cc3)coc2c1C. The molecule has 5 heteroatoms. The number of fused-ring (bicyclic) bond motifs is 1. The Balaban J connectivity index is 1.72. The average molecular weight is 441 g/mol. The first-order chi connectivity index (χ1) is 16.0. The molecule has 2 heterocycles. The third-order valence-corrected chi connectivity index (χ3v) is 5.66. The van der Waals surface area contributed by atoms with Crippen LogP contribution in [0.3, 0.4) is 0 Å². The highest BCUT2D eigenvalue weighted by atomic mass is 16.5. The predicted octanol–water partition coefficient (Wildman–Crippen LogP) is 6.23. The Morgan fingerprint density at radius 2 is 1.97 bits per heavy atom. The first kappa shape index (κ1) is 22.3. The Kier molecular flexibility index (Phi) is 6.59. The fourth-order valence-corrected chi connectivity index (χ4v) is 3.91. The lowest BCUT2D eigenvalue weighted by Gasteiger charge is -2.15. The fourth-order valence-electron chi connectivity index (χ4n) is 3.91. The van der Waals surface area contributed by atoms with Crippen molar-refractivity contribution in [1.82, 2.24) is 10.3 Å². The number of carbonyl (C=O) groups is 1. The number of aryl methyl sites for hydroxylation is 2. The van der Waals surface area contributed by atoms with Crippen LogP contribution in [0.4, 0.5) is 0 Å². The number of carbonyl (C=O) groups excluding carboxylic acids is 1. The molecule has 5 nitrogen and oxygen atoms in total. The summed E-state index contributed by atoms with van der Waals surface area (Å²) in [5, 5.41) is 3.92. The zero-order valence-electron chi connectivity index (χ0n) is 19.4. The molecule has 2 aromatic carbocycles. The normalized spacial score (nSPS) is 11.6. The maximum absolute atomic E-state index is 12.6. The highest BCUT2D eigenvalue weighted by molar-refractivity contribution is 6.01. The number of aromatic nitrogens is 1. The van der Waals surface area contributed by atoms with Crippen LogP contribution in [-0.2, 0) is 11.3 Å². The first-order valence-electron chi connectivity index (χ1n) is 11.1. The number of amides is 1. The number of ether oxygens (including phenoxy) is 1. The molecule has 0 saturated carbocycles. The number of rotatable bonds is 7. The largest absolute Gasteiger partial charge is 0.493 e. The van der Waals surface area contributed by atoms with E-state index < -0.39 is 0 Å². The van der Waals surface area contributed by atoms with E-state index >= 15 is 0 Å². The Morgan fingerprint density at radius 1 is 1.18 bits per heavy atom. The zero-order chi connectivity index (χ0) is 23.4. The second-order valence-electron chi connectivity index (χ2n) is 8.11. The van der Waals surface area contributed by atoms with Gasteiger partial charge in [0.2, 0.25) is 5.91 Å². The van der Waals surface area contributed by atoms with Crippen molar-refractivity contribution in [1.29, 1.82) is 0 Å². The van der Waals surface area contributed by atoms with E-state index in [1.165, 1.54) is 5.56 Å². The van der Waals surface area contributed by atoms with E-state index in [-0.39, 0.29) is 5.91 Å². The standard InChI is InChI=1S/C28H28N2O3/c1-5-32-27-20(4)28-24(25(17-33-28)22-10-8-18(2)9-11-22)14-23(27)19(3)13-26(31)30-16-21-7-6-12-29-15-21/h6-15,17H,5,16H2,1-4H3,(H,30,31)/b19-13+. The fraction of sp³-hybridized carbons (Fsp3) is 0.214. The Morgan fingerprint density at radius 3 is 2.67 bits per heavy atom. The molecule has 0 aliphatic carbocycles. The Bertz CT molecular complexity index is 1300. The summed E-state index contributed by atoms with van der Waals surface area (Å²) in [6.07, 6.45) is 6.86. The maximum Gasteiger partial charge on any atom is 0.244 e. The number of pyridine rings is 1. The van der Waals surface area contributed by atoms with Gasteiger partial charge in [-0.15, -0.1) is 0 Å². The van der Waals surface area contributed by atoms with Crippen LogP contribution in [0.15, 0.2) is 71.6 Å². The van der Waals surface area contributed by atoms with Crippen LogP contribution in [0.25, 0.3) is 27.7 Å². The summed E-state index contributed by atoms with van der Waals surface area (Å²) in [6, 6.07) is 14.2. The topological polar surface area (TPSA) is 64.4 Å². The minimum Gasteiger partial charge on any atom is -0.493 e. The van der Waals surface area contributed by atoms with Gasteiger partial charge in [-0.05, 0) is 56.5 Å². The summed E-state index contributed by atoms with van der Waals surface area (Å²) in [5.41, 5.74) is 7.69. The van der Waals surface area contributed by atoms with Crippen LogP contribution >= 0.6 is 0 Å². The van der Waals surface area contributed by atoms with E-state index in [1.807, 2.05) is 32.9 Å². The number of benzene rings is 2. The molecule has 0 unspecified atom stereocenters. The molecule has 4 rings (SSSR count). The second-order valence-corrected chi connectivity index (χ2v) is 8.11. The monoisotopic (exact) mass is 440 g/mol. The van der Waals surface area contributed by atoms with Crippen LogP contribution in [0.5, 0.6) is 5.75 Å². The van der Waals surface area contributed by atoms with Gasteiger partial charge in [0.25, 0.3) is 0 Å². The minimum absolute atomic E-state index is 0.164. The molecule has 1 amide bonds. The van der Waals surface area contributed by atoms with Crippen LogP contribution in [0.2, 0.25) is 0 Å². The molecule has 1 N–H and O–H groups in total. The van der Waals surface area contributed by atoms with Crippen molar-refractivity contribution >= 4 is 22.4 Å². The van der Waals surface area contributed by atoms with Crippen molar-refractivity contribution in [2.24, 2.45) is 0 Å². The van der Waals surface area contributed by atoms with Gasteiger partial charge in [0.1, 0.15) is 11.3 Å². The van der Waals surface area contributed by atoms with E-state index in [4.69, 9.17) is 9.15 Å². The van der Waals surface area contributed by atoms with Gasteiger partial charge in [0, 0.05) is 47.1 Å². The molecule has 2 aromatic heterocycles. The summed E-state index contributed by atoms with van der Waals surface area (Å²) in [7, 11) is 0. The minimum atomic E-state index is -0.164. The second kappa shape index (κ2) is 9.74. The van der Waals surface area contributed by atoms with Crippen LogP contribution in [0, 0.1) is 13.8 Å². The average Bonchev–Trinajstić information content (AvgIpc) is 3.25. The lowest BCUT2D eigenvalue weighted by atomic mass is 9.96. The number of nitrogens with zero attached hydrogens (tertiary/aromatic N) is 1. The maximum atomic E-state index is 12.6. The van der Waals surface area contributed by atoms with Gasteiger partial charge in [-0.1, -0.05) is 35.9 Å². The van der Waals surface area contributed by atoms with E-state index in [0.29, 0.717) is 13.2 Å². The molecular formula is C28H28N2O3. The van der Waals surface area contributed by atoms with Crippen molar-refractivity contribution < 1.29 is 13.9 Å². The van der Waals surface area contributed by atoms with E-state index in [2.05, 4.69) is 47.6 Å². The zero-order valence-corrected chi connectivity index (χ0v) is 19.4. The molecule has 33 heavy (non-hydrogen) atoms. The Hall–Kier alpha value is -3.86. The summed E-state index contributed by atoms with van der Waals surface area (Å²) < 4.78 is 12.0.